The van der Waals surface area contributed by atoms with Crippen molar-refractivity contribution in [1.82, 2.24) is 10.2 Å². The van der Waals surface area contributed by atoms with E-state index >= 15 is 0 Å². The molecule has 0 bridgehead atoms. The van der Waals surface area contributed by atoms with Crippen LogP contribution < -0.4 is 5.32 Å². The lowest BCUT2D eigenvalue weighted by Crippen LogP contribution is -2.12. The summed E-state index contributed by atoms with van der Waals surface area (Å²) in [5.74, 6) is -0.881. The number of nitrogens with zero attached hydrogens (tertiary/aromatic N) is 1. The molecular weight excluding hydrogens is 270 g/mol. The van der Waals surface area contributed by atoms with E-state index in [9.17, 15) is 9.59 Å². The maximum Gasteiger partial charge on any atom is 0.337 e. The molecule has 0 aliphatic rings. The lowest BCUT2D eigenvalue weighted by Gasteiger charge is -2.07. The number of carbonyl (C=O) groups is 2. The number of esters is 1. The Balaban J connectivity index is 2.24. The van der Waals surface area contributed by atoms with Gasteiger partial charge in [0.05, 0.1) is 35.1 Å². The maximum atomic E-state index is 11.8. The maximum absolute atomic E-state index is 11.8. The highest BCUT2D eigenvalue weighted by atomic mass is 35.5. The highest BCUT2D eigenvalue weighted by Gasteiger charge is 2.12. The molecular formula is C12H10ClN3O3. The summed E-state index contributed by atoms with van der Waals surface area (Å²) in [5.41, 5.74) is 0.990. The van der Waals surface area contributed by atoms with E-state index in [1.807, 2.05) is 0 Å². The predicted octanol–water partition coefficient (Wildman–Crippen LogP) is 2.10. The second-order valence-electron chi connectivity index (χ2n) is 3.63. The Morgan fingerprint density at radius 1 is 1.37 bits per heavy atom. The highest BCUT2D eigenvalue weighted by Crippen LogP contribution is 2.24. The van der Waals surface area contributed by atoms with Crippen LogP contribution in [-0.4, -0.2) is 29.2 Å². The number of anilines is 1. The van der Waals surface area contributed by atoms with E-state index in [1.165, 1.54) is 37.7 Å². The van der Waals surface area contributed by atoms with Crippen molar-refractivity contribution in [2.24, 2.45) is 0 Å². The molecule has 0 fully saturated rings. The second-order valence-corrected chi connectivity index (χ2v) is 4.03. The monoisotopic (exact) mass is 279 g/mol. The Labute approximate surface area is 113 Å². The fourth-order valence-corrected chi connectivity index (χ4v) is 1.60. The summed E-state index contributed by atoms with van der Waals surface area (Å²) in [6.07, 6.45) is 2.83. The van der Waals surface area contributed by atoms with Crippen molar-refractivity contribution < 1.29 is 14.3 Å². The van der Waals surface area contributed by atoms with Gasteiger partial charge in [0.1, 0.15) is 0 Å². The van der Waals surface area contributed by atoms with Gasteiger partial charge in [0.25, 0.3) is 5.91 Å². The minimum absolute atomic E-state index is 0.300. The first-order chi connectivity index (χ1) is 9.11. The summed E-state index contributed by atoms with van der Waals surface area (Å²) in [5, 5.41) is 9.12. The van der Waals surface area contributed by atoms with Crippen LogP contribution in [0.4, 0.5) is 5.69 Å². The molecule has 1 amide bonds. The normalized spacial score (nSPS) is 10.0. The molecule has 19 heavy (non-hydrogen) atoms. The quantitative estimate of drug-likeness (QED) is 0.843. The molecule has 1 aromatic heterocycles. The SMILES string of the molecule is COC(=O)c1ccc(Cl)c(NC(=O)c2cn[nH]c2)c1. The van der Waals surface area contributed by atoms with E-state index in [0.29, 0.717) is 21.8 Å². The molecule has 2 N–H and O–H groups in total. The molecule has 0 aliphatic carbocycles. The van der Waals surface area contributed by atoms with Crippen molar-refractivity contribution in [3.63, 3.8) is 0 Å². The minimum atomic E-state index is -0.504. The third-order valence-electron chi connectivity index (χ3n) is 2.40. The van der Waals surface area contributed by atoms with Crippen LogP contribution in [0.5, 0.6) is 0 Å². The Hall–Kier alpha value is -2.34. The number of benzene rings is 1. The van der Waals surface area contributed by atoms with Gasteiger partial charge in [-0.05, 0) is 18.2 Å². The Morgan fingerprint density at radius 3 is 2.79 bits per heavy atom. The minimum Gasteiger partial charge on any atom is -0.465 e. The molecule has 0 aliphatic heterocycles. The van der Waals surface area contributed by atoms with Gasteiger partial charge in [-0.25, -0.2) is 4.79 Å². The smallest absolute Gasteiger partial charge is 0.337 e. The first-order valence-electron chi connectivity index (χ1n) is 5.30. The van der Waals surface area contributed by atoms with Crippen molar-refractivity contribution >= 4 is 29.2 Å². The number of nitrogens with one attached hydrogen (secondary N) is 2. The summed E-state index contributed by atoms with van der Waals surface area (Å²) in [6, 6.07) is 4.48. The average molecular weight is 280 g/mol. The van der Waals surface area contributed by atoms with Crippen LogP contribution in [0.1, 0.15) is 20.7 Å². The van der Waals surface area contributed by atoms with Gasteiger partial charge in [0.2, 0.25) is 0 Å². The largest absolute Gasteiger partial charge is 0.465 e. The molecule has 0 spiro atoms. The fraction of sp³-hybridized carbons (Fsp3) is 0.0833. The number of ether oxygens (including phenoxy) is 1. The topological polar surface area (TPSA) is 84.1 Å². The van der Waals surface area contributed by atoms with E-state index in [0.717, 1.165) is 0 Å². The van der Waals surface area contributed by atoms with E-state index in [1.54, 1.807) is 0 Å². The summed E-state index contributed by atoms with van der Waals surface area (Å²) in [7, 11) is 1.28. The number of amides is 1. The lowest BCUT2D eigenvalue weighted by molar-refractivity contribution is 0.0600. The molecule has 2 aromatic rings. The molecule has 7 heteroatoms. The number of aromatic nitrogens is 2. The fourth-order valence-electron chi connectivity index (χ4n) is 1.44. The second kappa shape index (κ2) is 5.53. The molecule has 1 aromatic carbocycles. The van der Waals surface area contributed by atoms with Crippen LogP contribution >= 0.6 is 11.6 Å². The van der Waals surface area contributed by atoms with Gasteiger partial charge in [-0.3, -0.25) is 9.89 Å². The van der Waals surface area contributed by atoms with Crippen LogP contribution in [-0.2, 0) is 4.74 Å². The number of halogens is 1. The Morgan fingerprint density at radius 2 is 2.16 bits per heavy atom. The molecule has 0 radical (unpaired) electrons. The van der Waals surface area contributed by atoms with E-state index in [2.05, 4.69) is 20.3 Å². The van der Waals surface area contributed by atoms with Crippen molar-refractivity contribution in [2.75, 3.05) is 12.4 Å². The highest BCUT2D eigenvalue weighted by molar-refractivity contribution is 6.34. The summed E-state index contributed by atoms with van der Waals surface area (Å²) >= 11 is 5.96. The van der Waals surface area contributed by atoms with Crippen LogP contribution in [0, 0.1) is 0 Å². The van der Waals surface area contributed by atoms with Gasteiger partial charge in [-0.15, -0.1) is 0 Å². The van der Waals surface area contributed by atoms with Gasteiger partial charge in [-0.1, -0.05) is 11.6 Å². The van der Waals surface area contributed by atoms with E-state index < -0.39 is 5.97 Å². The molecule has 0 unspecified atom stereocenters. The number of carbonyl (C=O) groups excluding carboxylic acids is 2. The van der Waals surface area contributed by atoms with Gasteiger partial charge in [0, 0.05) is 6.20 Å². The Bertz CT molecular complexity index is 611. The zero-order valence-electron chi connectivity index (χ0n) is 9.94. The molecule has 1 heterocycles. The number of H-pyrrole nitrogens is 1. The summed E-state index contributed by atoms with van der Waals surface area (Å²) < 4.78 is 4.60. The Kier molecular flexibility index (Phi) is 3.82. The zero-order chi connectivity index (χ0) is 13.8. The zero-order valence-corrected chi connectivity index (χ0v) is 10.7. The summed E-state index contributed by atoms with van der Waals surface area (Å²) in [4.78, 5) is 23.2. The number of hydrogen-bond acceptors (Lipinski definition) is 4. The number of methoxy groups -OCH3 is 1. The van der Waals surface area contributed by atoms with Gasteiger partial charge < -0.3 is 10.1 Å². The third kappa shape index (κ3) is 2.92. The van der Waals surface area contributed by atoms with Crippen LogP contribution in [0.15, 0.2) is 30.6 Å². The number of hydrogen-bond donors (Lipinski definition) is 2. The van der Waals surface area contributed by atoms with Crippen LogP contribution in [0.25, 0.3) is 0 Å². The number of rotatable bonds is 3. The standard InChI is InChI=1S/C12H10ClN3O3/c1-19-12(18)7-2-3-9(13)10(4-7)16-11(17)8-5-14-15-6-8/h2-6H,1H3,(H,14,15)(H,16,17). The number of aromatic amines is 1. The molecule has 0 saturated heterocycles. The molecule has 2 rings (SSSR count). The third-order valence-corrected chi connectivity index (χ3v) is 2.73. The first-order valence-corrected chi connectivity index (χ1v) is 5.67. The molecule has 0 atom stereocenters. The van der Waals surface area contributed by atoms with Gasteiger partial charge in [0.15, 0.2) is 0 Å². The van der Waals surface area contributed by atoms with Crippen LogP contribution in [0.2, 0.25) is 5.02 Å². The summed E-state index contributed by atoms with van der Waals surface area (Å²) in [6.45, 7) is 0. The molecule has 0 saturated carbocycles. The van der Waals surface area contributed by atoms with Crippen molar-refractivity contribution in [1.29, 1.82) is 0 Å². The van der Waals surface area contributed by atoms with E-state index in [-0.39, 0.29) is 5.91 Å². The average Bonchev–Trinajstić information content (AvgIpc) is 2.94. The lowest BCUT2D eigenvalue weighted by atomic mass is 10.2. The van der Waals surface area contributed by atoms with E-state index in [4.69, 9.17) is 11.6 Å². The van der Waals surface area contributed by atoms with Crippen molar-refractivity contribution in [2.45, 2.75) is 0 Å². The molecule has 98 valence electrons. The van der Waals surface area contributed by atoms with Crippen molar-refractivity contribution in [3.05, 3.63) is 46.7 Å². The van der Waals surface area contributed by atoms with Crippen molar-refractivity contribution in [3.8, 4) is 0 Å². The first kappa shape index (κ1) is 13.1. The molecule has 6 nitrogen and oxygen atoms in total. The van der Waals surface area contributed by atoms with Gasteiger partial charge >= 0.3 is 5.97 Å². The van der Waals surface area contributed by atoms with Gasteiger partial charge in [-0.2, -0.15) is 5.10 Å². The van der Waals surface area contributed by atoms with Crippen LogP contribution in [0.3, 0.4) is 0 Å². The predicted molar refractivity (Wildman–Crippen MR) is 69.3 cm³/mol.